The largest absolute Gasteiger partial charge is 0.493 e. The summed E-state index contributed by atoms with van der Waals surface area (Å²) in [6.45, 7) is 33.2. The van der Waals surface area contributed by atoms with E-state index < -0.39 is 52.2 Å². The fourth-order valence-electron chi connectivity index (χ4n) is 15.8. The number of nitrogens with one attached hydrogen (secondary N) is 7. The summed E-state index contributed by atoms with van der Waals surface area (Å²) in [5.41, 5.74) is 0.312. The van der Waals surface area contributed by atoms with Crippen LogP contribution in [0.4, 0.5) is 45.5 Å². The Morgan fingerprint density at radius 1 is 0.238 bits per heavy atom. The van der Waals surface area contributed by atoms with Gasteiger partial charge in [-0.2, -0.15) is 0 Å². The molecule has 0 spiro atoms. The summed E-state index contributed by atoms with van der Waals surface area (Å²) in [4.78, 5) is 168. The number of para-hydroxylation sites is 8. The number of carbonyl (C=O) groups excluding carboxylic acids is 7. The van der Waals surface area contributed by atoms with E-state index in [2.05, 4.69) is 47.2 Å². The van der Waals surface area contributed by atoms with Gasteiger partial charge in [0.25, 0.3) is 47.0 Å². The van der Waals surface area contributed by atoms with E-state index in [-0.39, 0.29) is 281 Å². The van der Waals surface area contributed by atoms with E-state index in [0.29, 0.717) is 43.1 Å². The van der Waals surface area contributed by atoms with Crippen molar-refractivity contribution < 1.29 is 86.3 Å². The van der Waals surface area contributed by atoms with Crippen LogP contribution in [0.3, 0.4) is 0 Å². The standard InChI is InChI=1S/C112H112N16O19/c1-57(2)49-140-89-41-80(113-98-66(89)26-18-34-74(98)122-107(131)82-43-91(142-51-59(5)6)68-28-20-36-76(100(68)115-82)124-109(133)84-45-93(144-53-61(9)10)70-30-22-38-78(102(70)117-84)126-111(135)86-47-95(146-55-63(13)14)72-32-24-40-88(128(138)139)104(72)119-86)105(129)121-73-33-17-25-65-90(141-50-58(3)4)42-81(114-97(65)73)106(130)123-75-35-19-27-67-92(143-52-60(7)8)44-83(116-99(67)75)108(132)125-77-37-21-29-69-94(145-54-62(11)12)46-85(118-101(69)77)110(134)127-79-39-23-31-71-96(147-56-64(15)16)48-87(112(136)137)120-103(71)79/h17-48,57-64H,49-56H2,1-16H3,(H,121,129)(H,122,131)(H,123,130)(H,124,133)(H,125,132)(H,126,135)(H,127,134)(H,136,137). The molecule has 7 amide bonds. The van der Waals surface area contributed by atoms with Gasteiger partial charge < -0.3 is 80.2 Å². The first-order valence-corrected chi connectivity index (χ1v) is 48.5. The molecule has 16 rings (SSSR count). The molecule has 0 saturated carbocycles. The molecule has 0 aliphatic heterocycles. The van der Waals surface area contributed by atoms with Gasteiger partial charge in [-0.25, -0.2) is 44.7 Å². The molecule has 0 atom stereocenters. The van der Waals surface area contributed by atoms with Crippen molar-refractivity contribution in [1.82, 2.24) is 39.9 Å². The number of fused-ring (bicyclic) bond motifs is 8. The van der Waals surface area contributed by atoms with E-state index in [0.717, 1.165) is 0 Å². The number of hydrogen-bond donors (Lipinski definition) is 8. The Balaban J connectivity index is 0.695. The van der Waals surface area contributed by atoms with E-state index in [4.69, 9.17) is 67.8 Å². The molecule has 8 heterocycles. The molecule has 8 N–H and O–H groups in total. The zero-order valence-corrected chi connectivity index (χ0v) is 84.1. The number of rotatable bonds is 40. The molecule has 147 heavy (non-hydrogen) atoms. The van der Waals surface area contributed by atoms with Crippen molar-refractivity contribution in [3.8, 4) is 46.0 Å². The molecular formula is C112H112N16O19. The molecule has 8 aromatic heterocycles. The Hall–Kier alpha value is -17.4. The Morgan fingerprint density at radius 2 is 0.381 bits per heavy atom. The fourth-order valence-corrected chi connectivity index (χ4v) is 15.8. The Bertz CT molecular complexity index is 7790. The van der Waals surface area contributed by atoms with E-state index in [1.165, 1.54) is 60.7 Å². The molecule has 0 aliphatic rings. The Labute approximate surface area is 845 Å². The number of nitro benzene ring substituents is 1. The highest BCUT2D eigenvalue weighted by Gasteiger charge is 2.31. The SMILES string of the molecule is CC(C)COc1cc(C(=O)O)nc2c(NC(=O)c3cc(OCC(C)C)c4cccc(NC(=O)c5cc(OCC(C)C)c6cccc(NC(=O)c7cc(OCC(C)C)c8cccc(NC(=O)c9cc(OCC(C)C)c%10cccc(NC(=O)c%11cc(OCC(C)C)c%12cccc(NC(=O)c%13cc(OCC(C)C)c%14cccc(NC(=O)c%15cc(OCC(C)C)c%16cccc([N+](=O)[O-])c%16n%15)c%14n%13)c%12n%11)c%10n9)c8n7)c6n5)c4n3)cccc12. The number of pyridine rings is 8. The molecule has 8 aromatic carbocycles. The van der Waals surface area contributed by atoms with Gasteiger partial charge in [-0.1, -0.05) is 159 Å². The molecule has 0 fully saturated rings. The maximum absolute atomic E-state index is 15.4. The molecule has 0 saturated heterocycles. The number of carbonyl (C=O) groups is 8. The third-order valence-electron chi connectivity index (χ3n) is 22.8. The van der Waals surface area contributed by atoms with Crippen LogP contribution < -0.4 is 75.1 Å². The Morgan fingerprint density at radius 3 is 0.537 bits per heavy atom. The van der Waals surface area contributed by atoms with Crippen LogP contribution in [0.25, 0.3) is 87.2 Å². The number of aromatic carboxylic acids is 1. The molecule has 16 aromatic rings. The van der Waals surface area contributed by atoms with E-state index in [1.54, 1.807) is 133 Å². The number of aromatic nitrogens is 8. The second kappa shape index (κ2) is 44.6. The minimum atomic E-state index is -1.30. The van der Waals surface area contributed by atoms with E-state index in [1.807, 2.05) is 111 Å². The zero-order valence-electron chi connectivity index (χ0n) is 84.1. The summed E-state index contributed by atoms with van der Waals surface area (Å²) < 4.78 is 50.9. The summed E-state index contributed by atoms with van der Waals surface area (Å²) >= 11 is 0. The van der Waals surface area contributed by atoms with E-state index >= 15 is 24.0 Å². The molecule has 35 heteroatoms. The number of ether oxygens (including phenoxy) is 8. The van der Waals surface area contributed by atoms with Gasteiger partial charge >= 0.3 is 5.97 Å². The number of benzene rings is 8. The first kappa shape index (κ1) is 103. The quantitative estimate of drug-likeness (QED) is 0.0131. The predicted molar refractivity (Wildman–Crippen MR) is 566 cm³/mol. The molecule has 0 unspecified atom stereocenters. The predicted octanol–water partition coefficient (Wildman–Crippen LogP) is 22.7. The van der Waals surface area contributed by atoms with Crippen molar-refractivity contribution >= 4 is 180 Å². The second-order valence-corrected chi connectivity index (χ2v) is 39.0. The molecule has 0 aliphatic carbocycles. The maximum Gasteiger partial charge on any atom is 0.354 e. The van der Waals surface area contributed by atoms with Crippen molar-refractivity contribution in [2.24, 2.45) is 47.3 Å². The van der Waals surface area contributed by atoms with Crippen LogP contribution in [0.15, 0.2) is 194 Å². The minimum Gasteiger partial charge on any atom is -0.493 e. The number of hydrogen-bond acceptors (Lipinski definition) is 26. The lowest BCUT2D eigenvalue weighted by molar-refractivity contribution is -0.383. The van der Waals surface area contributed by atoms with Crippen LogP contribution in [-0.4, -0.2) is 150 Å². The fraction of sp³-hybridized carbons (Fsp3) is 0.286. The highest BCUT2D eigenvalue weighted by molar-refractivity contribution is 6.19. The molecule has 754 valence electrons. The maximum atomic E-state index is 15.4. The molecule has 35 nitrogen and oxygen atoms in total. The normalized spacial score (nSPS) is 11.6. The third-order valence-corrected chi connectivity index (χ3v) is 22.8. The van der Waals surface area contributed by atoms with Gasteiger partial charge in [0.2, 0.25) is 0 Å². The monoisotopic (exact) mass is 1980 g/mol. The van der Waals surface area contributed by atoms with Crippen LogP contribution in [0.5, 0.6) is 46.0 Å². The number of nitro groups is 1. The summed E-state index contributed by atoms with van der Waals surface area (Å²) in [7, 11) is 0. The van der Waals surface area contributed by atoms with Gasteiger partial charge in [0, 0.05) is 97.7 Å². The lowest BCUT2D eigenvalue weighted by atomic mass is 10.1. The van der Waals surface area contributed by atoms with Gasteiger partial charge in [-0.3, -0.25) is 43.7 Å². The average molecular weight is 1990 g/mol. The van der Waals surface area contributed by atoms with Crippen molar-refractivity contribution in [3.05, 3.63) is 250 Å². The van der Waals surface area contributed by atoms with Gasteiger partial charge in [0.15, 0.2) is 11.2 Å². The van der Waals surface area contributed by atoms with Gasteiger partial charge in [0.05, 0.1) is 136 Å². The van der Waals surface area contributed by atoms with Crippen molar-refractivity contribution in [1.29, 1.82) is 0 Å². The second-order valence-electron chi connectivity index (χ2n) is 39.0. The minimum absolute atomic E-state index is 0.00131. The van der Waals surface area contributed by atoms with Crippen LogP contribution in [0, 0.1) is 57.5 Å². The number of anilines is 7. The highest BCUT2D eigenvalue weighted by Crippen LogP contribution is 2.43. The summed E-state index contributed by atoms with van der Waals surface area (Å²) in [6.07, 6.45) is 0. The number of carboxylic acid groups (broad SMARTS) is 1. The lowest BCUT2D eigenvalue weighted by Gasteiger charge is -2.18. The Kier molecular flexibility index (Phi) is 31.1. The zero-order chi connectivity index (χ0) is 104. The highest BCUT2D eigenvalue weighted by atomic mass is 16.6. The molecule has 0 radical (unpaired) electrons. The van der Waals surface area contributed by atoms with Gasteiger partial charge in [-0.15, -0.1) is 0 Å². The number of nitrogens with zero attached hydrogens (tertiary/aromatic N) is 9. The summed E-state index contributed by atoms with van der Waals surface area (Å²) in [5, 5.41) is 46.6. The number of non-ortho nitro benzene ring substituents is 1. The van der Waals surface area contributed by atoms with Crippen molar-refractivity contribution in [2.45, 2.75) is 111 Å². The smallest absolute Gasteiger partial charge is 0.354 e. The van der Waals surface area contributed by atoms with Crippen molar-refractivity contribution in [2.75, 3.05) is 90.1 Å². The topological polar surface area (TPSA) is 461 Å². The van der Waals surface area contributed by atoms with Crippen LogP contribution >= 0.6 is 0 Å². The number of amides is 7. The summed E-state index contributed by atoms with van der Waals surface area (Å²) in [6, 6.07) is 51.4. The average Bonchev–Trinajstić information content (AvgIpc) is 0.771. The van der Waals surface area contributed by atoms with Crippen LogP contribution in [-0.2, 0) is 0 Å². The van der Waals surface area contributed by atoms with E-state index in [9.17, 15) is 29.6 Å². The molecule has 0 bridgehead atoms. The lowest BCUT2D eigenvalue weighted by Crippen LogP contribution is -2.19. The molecular weight excluding hydrogens is 1870 g/mol. The van der Waals surface area contributed by atoms with Crippen molar-refractivity contribution in [3.63, 3.8) is 0 Å². The van der Waals surface area contributed by atoms with Crippen LogP contribution in [0.1, 0.15) is 195 Å². The van der Waals surface area contributed by atoms with Gasteiger partial charge in [0.1, 0.15) is 85.9 Å². The van der Waals surface area contributed by atoms with Gasteiger partial charge in [-0.05, 0) is 138 Å². The number of carboxylic acids is 1. The van der Waals surface area contributed by atoms with Crippen LogP contribution in [0.2, 0.25) is 0 Å². The first-order valence-electron chi connectivity index (χ1n) is 48.5. The first-order chi connectivity index (χ1) is 70.4. The summed E-state index contributed by atoms with van der Waals surface area (Å²) in [5.74, 6) is -4.22. The third kappa shape index (κ3) is 23.7.